The van der Waals surface area contributed by atoms with Gasteiger partial charge in [-0.2, -0.15) is 83.1 Å². The van der Waals surface area contributed by atoms with E-state index in [0.717, 1.165) is 6.92 Å². The molecule has 23 heteroatoms. The van der Waals surface area contributed by atoms with Crippen LogP contribution >= 0.6 is 0 Å². The van der Waals surface area contributed by atoms with Crippen molar-refractivity contribution in [2.24, 2.45) is 4.36 Å². The first kappa shape index (κ1) is 33.6. The van der Waals surface area contributed by atoms with E-state index in [4.69, 9.17) is 0 Å². The zero-order valence-corrected chi connectivity index (χ0v) is 17.0. The maximum atomic E-state index is 13.6. The fourth-order valence-corrected chi connectivity index (χ4v) is 2.00. The number of esters is 1. The second-order valence-electron chi connectivity index (χ2n) is 6.18. The van der Waals surface area contributed by atoms with Gasteiger partial charge in [-0.15, -0.1) is 4.36 Å². The third kappa shape index (κ3) is 5.06. The van der Waals surface area contributed by atoms with Gasteiger partial charge in [-0.1, -0.05) is 6.92 Å². The molecular weight excluding hydrogens is 589 g/mol. The summed E-state index contributed by atoms with van der Waals surface area (Å²) in [6, 6.07) is 0. The first-order valence-corrected chi connectivity index (χ1v) is 8.98. The summed E-state index contributed by atoms with van der Waals surface area (Å²) in [6.07, 6.45) is -16.5. The summed E-state index contributed by atoms with van der Waals surface area (Å²) in [5.74, 6) is -54.4. The lowest BCUT2D eigenvalue weighted by Crippen LogP contribution is -2.74. The van der Waals surface area contributed by atoms with Gasteiger partial charge in [-0.05, 0) is 6.42 Å². The normalized spacial score (nSPS) is 15.6. The highest BCUT2D eigenvalue weighted by Gasteiger charge is 2.95. The van der Waals surface area contributed by atoms with Crippen LogP contribution in [-0.2, 0) is 20.0 Å². The van der Waals surface area contributed by atoms with E-state index in [2.05, 4.69) is 9.10 Å². The van der Waals surface area contributed by atoms with Crippen molar-refractivity contribution in [1.82, 2.24) is 0 Å². The third-order valence-corrected chi connectivity index (χ3v) is 4.13. The van der Waals surface area contributed by atoms with E-state index in [1.165, 1.54) is 0 Å². The Hall–Kier alpha value is -2.36. The third-order valence-electron chi connectivity index (χ3n) is 3.85. The molecule has 0 aromatic carbocycles. The van der Waals surface area contributed by atoms with Gasteiger partial charge in [-0.3, -0.25) is 0 Å². The lowest BCUT2D eigenvalue weighted by atomic mass is 9.90. The smallest absolute Gasteiger partial charge is 0.392 e. The van der Waals surface area contributed by atoms with E-state index >= 15 is 0 Å². The predicted octanol–water partition coefficient (Wildman–Crippen LogP) is 5.85. The molecule has 0 aliphatic rings. The fraction of sp³-hybridized carbons (Fsp3) is 0.769. The van der Waals surface area contributed by atoms with Gasteiger partial charge in [0.25, 0.3) is 0 Å². The zero-order chi connectivity index (χ0) is 29.6. The summed E-state index contributed by atoms with van der Waals surface area (Å²) in [6.45, 7) is 0.735. The van der Waals surface area contributed by atoms with Crippen LogP contribution in [0.3, 0.4) is 0 Å². The van der Waals surface area contributed by atoms with Gasteiger partial charge in [0, 0.05) is 0 Å². The quantitative estimate of drug-likeness (QED) is 0.181. The van der Waals surface area contributed by atoms with Crippen molar-refractivity contribution in [2.75, 3.05) is 0 Å². The molecular formula is C13H6F17NO4S. The minimum absolute atomic E-state index is 0.236. The van der Waals surface area contributed by atoms with Crippen LogP contribution in [0.1, 0.15) is 13.3 Å². The summed E-state index contributed by atoms with van der Waals surface area (Å²) in [5.41, 5.74) is -1.51. The van der Waals surface area contributed by atoms with Crippen molar-refractivity contribution in [1.29, 1.82) is 0 Å². The summed E-state index contributed by atoms with van der Waals surface area (Å²) >= 11 is 0. The molecule has 0 bridgehead atoms. The average Bonchev–Trinajstić information content (AvgIpc) is 2.65. The molecule has 0 heterocycles. The highest BCUT2D eigenvalue weighted by Crippen LogP contribution is 2.64. The summed E-state index contributed by atoms with van der Waals surface area (Å²) in [7, 11) is -3.46. The number of ether oxygens (including phenoxy) is 1. The SMILES string of the molecule is CCC(=CN=S(=O)=O)C(=O)OC(F)(F)C(F)(F)C(F)(F)C(F)(F)C(F)(F)C(F)(F)C(F)(F)C(F)(F)F. The van der Waals surface area contributed by atoms with Gasteiger partial charge < -0.3 is 4.74 Å². The molecule has 36 heavy (non-hydrogen) atoms. The highest BCUT2D eigenvalue weighted by atomic mass is 32.2. The molecule has 0 radical (unpaired) electrons. The Bertz CT molecular complexity index is 1000. The fourth-order valence-electron chi connectivity index (χ4n) is 1.79. The van der Waals surface area contributed by atoms with Crippen molar-refractivity contribution in [2.45, 2.75) is 61.2 Å². The van der Waals surface area contributed by atoms with Gasteiger partial charge in [-0.25, -0.2) is 4.79 Å². The Morgan fingerprint density at radius 3 is 1.31 bits per heavy atom. The Morgan fingerprint density at radius 2 is 1.00 bits per heavy atom. The van der Waals surface area contributed by atoms with Crippen LogP contribution in [0.25, 0.3) is 0 Å². The number of alkyl halides is 17. The summed E-state index contributed by atoms with van der Waals surface area (Å²) < 4.78 is 247. The zero-order valence-electron chi connectivity index (χ0n) is 16.2. The number of carbonyl (C=O) groups excluding carboxylic acids is 1. The Balaban J connectivity index is 6.72. The first-order valence-electron chi connectivity index (χ1n) is 7.95. The molecule has 0 atom stereocenters. The molecule has 0 fully saturated rings. The lowest BCUT2D eigenvalue weighted by molar-refractivity contribution is -0.473. The number of carbonyl (C=O) groups is 1. The van der Waals surface area contributed by atoms with E-state index in [-0.39, 0.29) is 6.20 Å². The average molecular weight is 595 g/mol. The monoisotopic (exact) mass is 595 g/mol. The van der Waals surface area contributed by atoms with Crippen molar-refractivity contribution >= 4 is 16.5 Å². The first-order chi connectivity index (χ1) is 15.5. The lowest BCUT2D eigenvalue weighted by Gasteiger charge is -2.42. The van der Waals surface area contributed by atoms with Crippen LogP contribution in [0.2, 0.25) is 0 Å². The highest BCUT2D eigenvalue weighted by molar-refractivity contribution is 7.61. The molecule has 0 aliphatic carbocycles. The van der Waals surface area contributed by atoms with Gasteiger partial charge in [0.1, 0.15) is 0 Å². The van der Waals surface area contributed by atoms with Crippen LogP contribution < -0.4 is 0 Å². The molecule has 0 aromatic rings. The standard InChI is InChI=1S/C13H6F17NO4S/c1-2-4(3-31-36(33)34)5(32)35-13(29,30)11(24,25)9(20,21)7(16,17)6(14,15)8(18,19)10(22,23)12(26,27)28/h3H,2H2,1H3. The van der Waals surface area contributed by atoms with Crippen LogP contribution in [0.5, 0.6) is 0 Å². The predicted molar refractivity (Wildman–Crippen MR) is 76.5 cm³/mol. The van der Waals surface area contributed by atoms with Crippen LogP contribution in [0.15, 0.2) is 16.1 Å². The number of hydrogen-bond acceptors (Lipinski definition) is 5. The van der Waals surface area contributed by atoms with E-state index in [0.29, 0.717) is 0 Å². The van der Waals surface area contributed by atoms with Crippen molar-refractivity contribution < 1.29 is 92.6 Å². The van der Waals surface area contributed by atoms with E-state index in [1.54, 1.807) is 0 Å². The minimum atomic E-state index is -8.82. The molecule has 5 nitrogen and oxygen atoms in total. The van der Waals surface area contributed by atoms with Gasteiger partial charge in [0.2, 0.25) is 0 Å². The Labute approximate surface area is 187 Å². The summed E-state index contributed by atoms with van der Waals surface area (Å²) in [5, 5.41) is 0. The van der Waals surface area contributed by atoms with E-state index in [9.17, 15) is 87.8 Å². The Kier molecular flexibility index (Phi) is 8.88. The largest absolute Gasteiger partial charge is 0.473 e. The molecule has 0 spiro atoms. The molecule has 0 aliphatic heterocycles. The van der Waals surface area contributed by atoms with Crippen molar-refractivity contribution in [3.05, 3.63) is 11.8 Å². The molecule has 0 N–H and O–H groups in total. The van der Waals surface area contributed by atoms with Crippen molar-refractivity contribution in [3.8, 4) is 0 Å². The maximum absolute atomic E-state index is 13.6. The second kappa shape index (κ2) is 9.50. The molecule has 0 aromatic heterocycles. The van der Waals surface area contributed by atoms with E-state index < -0.39 is 76.3 Å². The van der Waals surface area contributed by atoms with Crippen LogP contribution in [-0.4, -0.2) is 62.2 Å². The minimum Gasteiger partial charge on any atom is -0.392 e. The number of rotatable bonds is 10. The van der Waals surface area contributed by atoms with Gasteiger partial charge in [0.05, 0.1) is 11.8 Å². The van der Waals surface area contributed by atoms with Gasteiger partial charge >= 0.3 is 64.3 Å². The topological polar surface area (TPSA) is 72.8 Å². The second-order valence-corrected chi connectivity index (χ2v) is 6.83. The number of hydrogen-bond donors (Lipinski definition) is 0. The molecule has 0 unspecified atom stereocenters. The van der Waals surface area contributed by atoms with E-state index in [1.807, 2.05) is 0 Å². The van der Waals surface area contributed by atoms with Crippen molar-refractivity contribution in [3.63, 3.8) is 0 Å². The maximum Gasteiger partial charge on any atom is 0.473 e. The molecule has 0 saturated carbocycles. The number of halogens is 17. The summed E-state index contributed by atoms with van der Waals surface area (Å²) in [4.78, 5) is 11.3. The Morgan fingerprint density at radius 1 is 0.667 bits per heavy atom. The molecule has 0 rings (SSSR count). The molecule has 212 valence electrons. The molecule has 0 saturated heterocycles. The molecule has 0 amide bonds. The number of nitrogens with zero attached hydrogens (tertiary/aromatic N) is 1. The van der Waals surface area contributed by atoms with Crippen LogP contribution in [0, 0.1) is 0 Å². The van der Waals surface area contributed by atoms with Gasteiger partial charge in [0.15, 0.2) is 0 Å². The van der Waals surface area contributed by atoms with Crippen LogP contribution in [0.4, 0.5) is 74.6 Å².